The molecule has 0 atom stereocenters. The fraction of sp³-hybridized carbons (Fsp3) is 0.500. The summed E-state index contributed by atoms with van der Waals surface area (Å²) in [4.78, 5) is 16.4. The molecule has 4 nitrogen and oxygen atoms in total. The minimum atomic E-state index is -3.03. The molecule has 1 rings (SSSR count). The number of ether oxygens (including phenoxy) is 1. The Labute approximate surface area is 105 Å². The van der Waals surface area contributed by atoms with Gasteiger partial charge in [-0.05, 0) is 12.0 Å². The topological polar surface area (TPSA) is 42.4 Å². The lowest BCUT2D eigenvalue weighted by atomic mass is 10.2. The highest BCUT2D eigenvalue weighted by Crippen LogP contribution is 2.21. The molecule has 1 heterocycles. The molecular formula is C12H16F2N2O2. The zero-order valence-electron chi connectivity index (χ0n) is 10.6. The lowest BCUT2D eigenvalue weighted by Crippen LogP contribution is -2.38. The van der Waals surface area contributed by atoms with Gasteiger partial charge in [0, 0.05) is 18.8 Å². The number of aromatic nitrogens is 1. The smallest absolute Gasteiger partial charge is 0.316 e. The standard InChI is InChI=1S/C12H16F2N2O2/c1-8(2)7-16(12(17)11(13)14)9-4-5-15-10(6-9)18-3/h4-6,8,11H,7H2,1-3H3. The molecule has 100 valence electrons. The third kappa shape index (κ3) is 3.65. The molecule has 0 N–H and O–H groups in total. The van der Waals surface area contributed by atoms with Gasteiger partial charge in [-0.3, -0.25) is 4.79 Å². The van der Waals surface area contributed by atoms with Crippen LogP contribution in [0.5, 0.6) is 5.88 Å². The van der Waals surface area contributed by atoms with Crippen molar-refractivity contribution in [2.24, 2.45) is 5.92 Å². The van der Waals surface area contributed by atoms with Gasteiger partial charge in [-0.2, -0.15) is 8.78 Å². The van der Waals surface area contributed by atoms with Gasteiger partial charge in [0.25, 0.3) is 5.91 Å². The van der Waals surface area contributed by atoms with Crippen LogP contribution in [0.1, 0.15) is 13.8 Å². The molecule has 0 saturated carbocycles. The summed E-state index contributed by atoms with van der Waals surface area (Å²) in [5.41, 5.74) is 0.362. The summed E-state index contributed by atoms with van der Waals surface area (Å²) in [5, 5.41) is 0. The Balaban J connectivity index is 3.04. The molecule has 18 heavy (non-hydrogen) atoms. The van der Waals surface area contributed by atoms with Crippen molar-refractivity contribution in [1.82, 2.24) is 4.98 Å². The average Bonchev–Trinajstić information content (AvgIpc) is 2.34. The third-order valence-electron chi connectivity index (χ3n) is 2.24. The molecule has 0 aliphatic heterocycles. The van der Waals surface area contributed by atoms with E-state index in [9.17, 15) is 13.6 Å². The Hall–Kier alpha value is -1.72. The van der Waals surface area contributed by atoms with Crippen LogP contribution in [-0.4, -0.2) is 31.0 Å². The van der Waals surface area contributed by atoms with E-state index in [0.29, 0.717) is 5.69 Å². The molecule has 0 saturated heterocycles. The number of pyridine rings is 1. The van der Waals surface area contributed by atoms with Gasteiger partial charge >= 0.3 is 6.43 Å². The Morgan fingerprint density at radius 1 is 1.50 bits per heavy atom. The van der Waals surface area contributed by atoms with E-state index >= 15 is 0 Å². The largest absolute Gasteiger partial charge is 0.481 e. The van der Waals surface area contributed by atoms with Crippen LogP contribution in [0, 0.1) is 5.92 Å². The van der Waals surface area contributed by atoms with E-state index in [2.05, 4.69) is 4.98 Å². The van der Waals surface area contributed by atoms with E-state index in [0.717, 1.165) is 4.90 Å². The normalized spacial score (nSPS) is 10.8. The van der Waals surface area contributed by atoms with Crippen LogP contribution in [0.25, 0.3) is 0 Å². The van der Waals surface area contributed by atoms with E-state index in [1.165, 1.54) is 25.4 Å². The number of methoxy groups -OCH3 is 1. The average molecular weight is 258 g/mol. The predicted octanol–water partition coefficient (Wildman–Crippen LogP) is 2.34. The summed E-state index contributed by atoms with van der Waals surface area (Å²) < 4.78 is 30.0. The first-order valence-electron chi connectivity index (χ1n) is 5.55. The number of alkyl halides is 2. The summed E-state index contributed by atoms with van der Waals surface area (Å²) in [5.74, 6) is -0.855. The lowest BCUT2D eigenvalue weighted by molar-refractivity contribution is -0.129. The molecule has 0 radical (unpaired) electrons. The van der Waals surface area contributed by atoms with Crippen molar-refractivity contribution >= 4 is 11.6 Å². The number of halogens is 2. The minimum Gasteiger partial charge on any atom is -0.481 e. The van der Waals surface area contributed by atoms with Gasteiger partial charge in [0.05, 0.1) is 12.8 Å². The number of nitrogens with zero attached hydrogens (tertiary/aromatic N) is 2. The van der Waals surface area contributed by atoms with Crippen LogP contribution in [-0.2, 0) is 4.79 Å². The Morgan fingerprint density at radius 3 is 2.67 bits per heavy atom. The first kappa shape index (κ1) is 14.3. The molecule has 0 unspecified atom stereocenters. The van der Waals surface area contributed by atoms with Gasteiger partial charge < -0.3 is 9.64 Å². The van der Waals surface area contributed by atoms with Gasteiger partial charge in [-0.15, -0.1) is 0 Å². The number of anilines is 1. The van der Waals surface area contributed by atoms with Gasteiger partial charge in [0.1, 0.15) is 0 Å². The number of hydrogen-bond donors (Lipinski definition) is 0. The van der Waals surface area contributed by atoms with E-state index in [-0.39, 0.29) is 18.3 Å². The van der Waals surface area contributed by atoms with Crippen LogP contribution in [0.2, 0.25) is 0 Å². The first-order chi connectivity index (χ1) is 8.45. The van der Waals surface area contributed by atoms with Crippen LogP contribution in [0.3, 0.4) is 0 Å². The van der Waals surface area contributed by atoms with E-state index in [1.54, 1.807) is 0 Å². The highest BCUT2D eigenvalue weighted by atomic mass is 19.3. The van der Waals surface area contributed by atoms with Gasteiger partial charge in [-0.1, -0.05) is 13.8 Å². The van der Waals surface area contributed by atoms with E-state index in [1.807, 2.05) is 13.8 Å². The van der Waals surface area contributed by atoms with Gasteiger partial charge in [-0.25, -0.2) is 4.98 Å². The zero-order valence-corrected chi connectivity index (χ0v) is 10.6. The van der Waals surface area contributed by atoms with Crippen molar-refractivity contribution in [1.29, 1.82) is 0 Å². The van der Waals surface area contributed by atoms with Crippen LogP contribution in [0.15, 0.2) is 18.3 Å². The van der Waals surface area contributed by atoms with E-state index in [4.69, 9.17) is 4.74 Å². The maximum absolute atomic E-state index is 12.6. The van der Waals surface area contributed by atoms with Crippen molar-refractivity contribution in [3.63, 3.8) is 0 Å². The second kappa shape index (κ2) is 6.28. The second-order valence-corrected chi connectivity index (χ2v) is 4.20. The molecule has 0 aromatic carbocycles. The lowest BCUT2D eigenvalue weighted by Gasteiger charge is -2.24. The van der Waals surface area contributed by atoms with Crippen molar-refractivity contribution in [3.8, 4) is 5.88 Å². The molecule has 1 aromatic rings. The molecule has 0 bridgehead atoms. The Bertz CT molecular complexity index is 411. The number of rotatable bonds is 5. The monoisotopic (exact) mass is 258 g/mol. The summed E-state index contributed by atoms with van der Waals surface area (Å²) in [6.07, 6.45) is -1.61. The Morgan fingerprint density at radius 2 is 2.17 bits per heavy atom. The van der Waals surface area contributed by atoms with Gasteiger partial charge in [0.2, 0.25) is 5.88 Å². The number of hydrogen-bond acceptors (Lipinski definition) is 3. The summed E-state index contributed by atoms with van der Waals surface area (Å²) in [6.45, 7) is 3.92. The van der Waals surface area contributed by atoms with Crippen molar-refractivity contribution < 1.29 is 18.3 Å². The first-order valence-corrected chi connectivity index (χ1v) is 5.55. The SMILES string of the molecule is COc1cc(N(CC(C)C)C(=O)C(F)F)ccn1. The maximum atomic E-state index is 12.6. The predicted molar refractivity (Wildman–Crippen MR) is 64.0 cm³/mol. The van der Waals surface area contributed by atoms with E-state index < -0.39 is 12.3 Å². The van der Waals surface area contributed by atoms with Gasteiger partial charge in [0.15, 0.2) is 0 Å². The molecule has 1 aromatic heterocycles. The fourth-order valence-electron chi connectivity index (χ4n) is 1.48. The molecule has 6 heteroatoms. The van der Waals surface area contributed by atoms with Crippen molar-refractivity contribution in [2.75, 3.05) is 18.6 Å². The molecule has 0 aliphatic rings. The summed E-state index contributed by atoms with van der Waals surface area (Å²) >= 11 is 0. The fourth-order valence-corrected chi connectivity index (χ4v) is 1.48. The summed E-state index contributed by atoms with van der Waals surface area (Å²) in [7, 11) is 1.42. The second-order valence-electron chi connectivity index (χ2n) is 4.20. The maximum Gasteiger partial charge on any atom is 0.316 e. The number of carbonyl (C=O) groups excluding carboxylic acids is 1. The summed E-state index contributed by atoms with van der Waals surface area (Å²) in [6, 6.07) is 2.97. The van der Waals surface area contributed by atoms with Crippen LogP contribution < -0.4 is 9.64 Å². The quantitative estimate of drug-likeness (QED) is 0.814. The highest BCUT2D eigenvalue weighted by Gasteiger charge is 2.25. The van der Waals surface area contributed by atoms with Crippen LogP contribution >= 0.6 is 0 Å². The van der Waals surface area contributed by atoms with Crippen molar-refractivity contribution in [3.05, 3.63) is 18.3 Å². The zero-order chi connectivity index (χ0) is 13.7. The molecule has 1 amide bonds. The molecule has 0 fully saturated rings. The molecular weight excluding hydrogens is 242 g/mol. The molecule has 0 spiro atoms. The van der Waals surface area contributed by atoms with Crippen LogP contribution in [0.4, 0.5) is 14.5 Å². The minimum absolute atomic E-state index is 0.0758. The third-order valence-corrected chi connectivity index (χ3v) is 2.24. The van der Waals surface area contributed by atoms with Crippen molar-refractivity contribution in [2.45, 2.75) is 20.3 Å². The molecule has 0 aliphatic carbocycles. The number of amides is 1. The number of carbonyl (C=O) groups is 1. The highest BCUT2D eigenvalue weighted by molar-refractivity contribution is 5.95. The Kier molecular flexibility index (Phi) is 5.00.